The summed E-state index contributed by atoms with van der Waals surface area (Å²) >= 11 is 0. The Morgan fingerprint density at radius 1 is 1.19 bits per heavy atom. The Kier molecular flexibility index (Phi) is 6.05. The molecule has 118 valence electrons. The third-order valence-electron chi connectivity index (χ3n) is 3.06. The van der Waals surface area contributed by atoms with Crippen LogP contribution in [0.3, 0.4) is 0 Å². The fourth-order valence-electron chi connectivity index (χ4n) is 1.99. The minimum absolute atomic E-state index is 0.0419. The summed E-state index contributed by atoms with van der Waals surface area (Å²) in [6, 6.07) is 8.88. The molecule has 0 aliphatic rings. The Balaban J connectivity index is 2.77. The molecular formula is C15H20F3NO2. The molecule has 0 saturated carbocycles. The summed E-state index contributed by atoms with van der Waals surface area (Å²) in [6.45, 7) is 3.41. The van der Waals surface area contributed by atoms with Crippen LogP contribution in [-0.2, 0) is 9.53 Å². The van der Waals surface area contributed by atoms with E-state index in [4.69, 9.17) is 4.74 Å². The fraction of sp³-hybridized carbons (Fsp3) is 0.533. The second-order valence-electron chi connectivity index (χ2n) is 5.01. The zero-order chi connectivity index (χ0) is 15.9. The van der Waals surface area contributed by atoms with Crippen molar-refractivity contribution < 1.29 is 22.7 Å². The van der Waals surface area contributed by atoms with Gasteiger partial charge in [-0.15, -0.1) is 0 Å². The molecule has 0 amide bonds. The van der Waals surface area contributed by atoms with Crippen LogP contribution in [0.2, 0.25) is 0 Å². The highest BCUT2D eigenvalue weighted by Crippen LogP contribution is 2.27. The van der Waals surface area contributed by atoms with Crippen LogP contribution in [0.4, 0.5) is 18.9 Å². The Hall–Kier alpha value is -1.72. The van der Waals surface area contributed by atoms with E-state index in [9.17, 15) is 18.0 Å². The third kappa shape index (κ3) is 6.06. The van der Waals surface area contributed by atoms with E-state index in [2.05, 4.69) is 5.32 Å². The van der Waals surface area contributed by atoms with Crippen molar-refractivity contribution in [3.63, 3.8) is 0 Å². The number of rotatable bonds is 7. The molecule has 0 fully saturated rings. The standard InChI is InChI=1S/C15H20F3NO2/c1-3-21-13(20)14(2,10-7-11-15(16,17)18)19-12-8-5-4-6-9-12/h4-6,8-9,19H,3,7,10-11H2,1-2H3. The number of alkyl halides is 3. The molecule has 0 radical (unpaired) electrons. The van der Waals surface area contributed by atoms with Crippen LogP contribution in [0.15, 0.2) is 30.3 Å². The van der Waals surface area contributed by atoms with Crippen LogP contribution >= 0.6 is 0 Å². The van der Waals surface area contributed by atoms with Crippen molar-refractivity contribution in [2.75, 3.05) is 11.9 Å². The molecule has 1 rings (SSSR count). The average Bonchev–Trinajstić information content (AvgIpc) is 2.38. The van der Waals surface area contributed by atoms with Gasteiger partial charge in [-0.25, -0.2) is 4.79 Å². The van der Waals surface area contributed by atoms with Crippen LogP contribution < -0.4 is 5.32 Å². The van der Waals surface area contributed by atoms with Gasteiger partial charge in [-0.05, 0) is 38.8 Å². The molecule has 1 N–H and O–H groups in total. The second-order valence-corrected chi connectivity index (χ2v) is 5.01. The van der Waals surface area contributed by atoms with Gasteiger partial charge in [0.1, 0.15) is 5.54 Å². The molecule has 0 bridgehead atoms. The maximum Gasteiger partial charge on any atom is 0.389 e. The molecular weight excluding hydrogens is 283 g/mol. The molecule has 1 unspecified atom stereocenters. The topological polar surface area (TPSA) is 38.3 Å². The highest BCUT2D eigenvalue weighted by atomic mass is 19.4. The SMILES string of the molecule is CCOC(=O)C(C)(CCCC(F)(F)F)Nc1ccccc1. The van der Waals surface area contributed by atoms with Crippen LogP contribution in [0.1, 0.15) is 33.1 Å². The molecule has 0 aliphatic carbocycles. The van der Waals surface area contributed by atoms with E-state index in [0.29, 0.717) is 5.69 Å². The molecule has 3 nitrogen and oxygen atoms in total. The molecule has 0 aromatic heterocycles. The summed E-state index contributed by atoms with van der Waals surface area (Å²) in [5, 5.41) is 2.98. The Bertz CT molecular complexity index is 448. The van der Waals surface area contributed by atoms with E-state index < -0.39 is 24.1 Å². The van der Waals surface area contributed by atoms with E-state index in [1.807, 2.05) is 6.07 Å². The molecule has 6 heteroatoms. The summed E-state index contributed by atoms with van der Waals surface area (Å²) in [7, 11) is 0. The molecule has 1 aromatic rings. The van der Waals surface area contributed by atoms with Gasteiger partial charge in [0.2, 0.25) is 0 Å². The lowest BCUT2D eigenvalue weighted by Crippen LogP contribution is -2.45. The van der Waals surface area contributed by atoms with Crippen LogP contribution in [0.25, 0.3) is 0 Å². The summed E-state index contributed by atoms with van der Waals surface area (Å²) in [6.07, 6.45) is -5.24. The number of carbonyl (C=O) groups is 1. The van der Waals surface area contributed by atoms with Gasteiger partial charge in [0, 0.05) is 12.1 Å². The summed E-state index contributed by atoms with van der Waals surface area (Å²) in [5.74, 6) is -0.545. The number of hydrogen-bond acceptors (Lipinski definition) is 3. The van der Waals surface area contributed by atoms with Crippen molar-refractivity contribution in [2.45, 2.75) is 44.8 Å². The van der Waals surface area contributed by atoms with Gasteiger partial charge in [0.05, 0.1) is 6.61 Å². The zero-order valence-corrected chi connectivity index (χ0v) is 12.2. The lowest BCUT2D eigenvalue weighted by molar-refractivity contribution is -0.150. The van der Waals surface area contributed by atoms with Gasteiger partial charge < -0.3 is 10.1 Å². The smallest absolute Gasteiger partial charge is 0.389 e. The van der Waals surface area contributed by atoms with Crippen molar-refractivity contribution in [1.82, 2.24) is 0 Å². The van der Waals surface area contributed by atoms with Crippen LogP contribution in [0.5, 0.6) is 0 Å². The number of nitrogens with one attached hydrogen (secondary N) is 1. The molecule has 0 aliphatic heterocycles. The predicted octanol–water partition coefficient (Wildman–Crippen LogP) is 4.15. The minimum Gasteiger partial charge on any atom is -0.464 e. The van der Waals surface area contributed by atoms with E-state index in [1.165, 1.54) is 0 Å². The van der Waals surface area contributed by atoms with Crippen molar-refractivity contribution >= 4 is 11.7 Å². The van der Waals surface area contributed by atoms with Crippen LogP contribution in [0, 0.1) is 0 Å². The van der Waals surface area contributed by atoms with Gasteiger partial charge in [0.15, 0.2) is 0 Å². The van der Waals surface area contributed by atoms with Crippen molar-refractivity contribution in [3.8, 4) is 0 Å². The van der Waals surface area contributed by atoms with Crippen molar-refractivity contribution in [3.05, 3.63) is 30.3 Å². The summed E-state index contributed by atoms with van der Waals surface area (Å²) in [5.41, 5.74) is -0.511. The number of benzene rings is 1. The predicted molar refractivity (Wildman–Crippen MR) is 75.0 cm³/mol. The molecule has 1 aromatic carbocycles. The van der Waals surface area contributed by atoms with Gasteiger partial charge in [-0.1, -0.05) is 18.2 Å². The van der Waals surface area contributed by atoms with E-state index in [-0.39, 0.29) is 19.4 Å². The molecule has 0 heterocycles. The first kappa shape index (κ1) is 17.3. The minimum atomic E-state index is -4.22. The lowest BCUT2D eigenvalue weighted by atomic mass is 9.94. The second kappa shape index (κ2) is 7.33. The number of hydrogen-bond donors (Lipinski definition) is 1. The highest BCUT2D eigenvalue weighted by Gasteiger charge is 2.36. The van der Waals surface area contributed by atoms with Gasteiger partial charge >= 0.3 is 12.1 Å². The maximum absolute atomic E-state index is 12.3. The highest BCUT2D eigenvalue weighted by molar-refractivity contribution is 5.84. The van der Waals surface area contributed by atoms with Gasteiger partial charge in [0.25, 0.3) is 0 Å². The van der Waals surface area contributed by atoms with E-state index in [0.717, 1.165) is 0 Å². The van der Waals surface area contributed by atoms with E-state index in [1.54, 1.807) is 38.1 Å². The van der Waals surface area contributed by atoms with Crippen LogP contribution in [-0.4, -0.2) is 24.3 Å². The Labute approximate surface area is 122 Å². The molecule has 0 spiro atoms. The molecule has 0 saturated heterocycles. The van der Waals surface area contributed by atoms with E-state index >= 15 is 0 Å². The first-order valence-corrected chi connectivity index (χ1v) is 6.84. The van der Waals surface area contributed by atoms with Crippen molar-refractivity contribution in [1.29, 1.82) is 0 Å². The number of esters is 1. The quantitative estimate of drug-likeness (QED) is 0.769. The number of halogens is 3. The largest absolute Gasteiger partial charge is 0.464 e. The average molecular weight is 303 g/mol. The number of ether oxygens (including phenoxy) is 1. The van der Waals surface area contributed by atoms with Gasteiger partial charge in [-0.3, -0.25) is 0 Å². The Morgan fingerprint density at radius 3 is 2.33 bits per heavy atom. The third-order valence-corrected chi connectivity index (χ3v) is 3.06. The molecule has 21 heavy (non-hydrogen) atoms. The monoisotopic (exact) mass is 303 g/mol. The first-order chi connectivity index (χ1) is 9.77. The first-order valence-electron chi connectivity index (χ1n) is 6.84. The number of anilines is 1. The van der Waals surface area contributed by atoms with Crippen molar-refractivity contribution in [2.24, 2.45) is 0 Å². The lowest BCUT2D eigenvalue weighted by Gasteiger charge is -2.29. The number of para-hydroxylation sites is 1. The van der Waals surface area contributed by atoms with Gasteiger partial charge in [-0.2, -0.15) is 13.2 Å². The summed E-state index contributed by atoms with van der Waals surface area (Å²) in [4.78, 5) is 12.1. The maximum atomic E-state index is 12.3. The normalized spacial score (nSPS) is 14.3. The Morgan fingerprint density at radius 2 is 1.81 bits per heavy atom. The summed E-state index contributed by atoms with van der Waals surface area (Å²) < 4.78 is 41.8. The fourth-order valence-corrected chi connectivity index (χ4v) is 1.99. The number of carbonyl (C=O) groups excluding carboxylic acids is 1. The molecule has 1 atom stereocenters. The zero-order valence-electron chi connectivity index (χ0n) is 12.2.